The Kier molecular flexibility index (Phi) is 6.02. The lowest BCUT2D eigenvalue weighted by molar-refractivity contribution is -0.120. The molecule has 2 aromatic heterocycles. The molecule has 11 heteroatoms. The molecule has 1 N–H and O–H groups in total. The van der Waals surface area contributed by atoms with Crippen LogP contribution in [0.15, 0.2) is 44.4 Å². The molecule has 174 valence electrons. The summed E-state index contributed by atoms with van der Waals surface area (Å²) in [4.78, 5) is 17.1. The lowest BCUT2D eigenvalue weighted by Gasteiger charge is -2.30. The molecule has 2 aliphatic rings. The van der Waals surface area contributed by atoms with Crippen LogP contribution in [0.3, 0.4) is 0 Å². The third kappa shape index (κ3) is 4.44. The Labute approximate surface area is 194 Å². The summed E-state index contributed by atoms with van der Waals surface area (Å²) in [6.07, 6.45) is 4.30. The zero-order chi connectivity index (χ0) is 23.0. The van der Waals surface area contributed by atoms with Gasteiger partial charge in [0, 0.05) is 30.0 Å². The molecule has 1 amide bonds. The third-order valence-electron chi connectivity index (χ3n) is 6.21. The molecule has 0 bridgehead atoms. The number of rotatable bonds is 6. The van der Waals surface area contributed by atoms with Crippen LogP contribution >= 0.6 is 11.3 Å². The Morgan fingerprint density at radius 1 is 1.21 bits per heavy atom. The second kappa shape index (κ2) is 8.96. The Hall–Kier alpha value is -2.63. The van der Waals surface area contributed by atoms with E-state index in [1.54, 1.807) is 17.5 Å². The molecule has 2 fully saturated rings. The van der Waals surface area contributed by atoms with Gasteiger partial charge in [0.05, 0.1) is 11.6 Å². The molecular formula is C22H23FN4O4S2. The van der Waals surface area contributed by atoms with Crippen molar-refractivity contribution in [2.75, 3.05) is 18.4 Å². The lowest BCUT2D eigenvalue weighted by atomic mass is 9.85. The zero-order valence-electron chi connectivity index (χ0n) is 17.7. The van der Waals surface area contributed by atoms with E-state index >= 15 is 0 Å². The summed E-state index contributed by atoms with van der Waals surface area (Å²) in [5.74, 6) is -0.188. The van der Waals surface area contributed by atoms with E-state index in [1.165, 1.54) is 22.5 Å². The maximum atomic E-state index is 13.9. The topological polar surface area (TPSA) is 105 Å². The van der Waals surface area contributed by atoms with Crippen LogP contribution < -0.4 is 5.32 Å². The van der Waals surface area contributed by atoms with E-state index in [2.05, 4.69) is 15.5 Å². The predicted octanol–water partition coefficient (Wildman–Crippen LogP) is 4.24. The summed E-state index contributed by atoms with van der Waals surface area (Å²) in [5.41, 5.74) is 0.686. The number of sulfonamides is 1. The highest BCUT2D eigenvalue weighted by Crippen LogP contribution is 2.37. The first-order chi connectivity index (χ1) is 15.9. The fourth-order valence-corrected chi connectivity index (χ4v) is 6.88. The van der Waals surface area contributed by atoms with Crippen LogP contribution in [0.1, 0.15) is 43.9 Å². The number of para-hydroxylation sites is 1. The molecule has 1 aliphatic heterocycles. The van der Waals surface area contributed by atoms with Crippen molar-refractivity contribution in [3.8, 4) is 11.4 Å². The molecule has 1 saturated carbocycles. The molecule has 1 aliphatic carbocycles. The maximum absolute atomic E-state index is 13.9. The number of carbonyl (C=O) groups is 1. The Morgan fingerprint density at radius 3 is 2.79 bits per heavy atom. The van der Waals surface area contributed by atoms with Gasteiger partial charge >= 0.3 is 0 Å². The minimum Gasteiger partial charge on any atom is -0.339 e. The summed E-state index contributed by atoms with van der Waals surface area (Å²) < 4.78 is 47.2. The van der Waals surface area contributed by atoms with Crippen molar-refractivity contribution in [2.24, 2.45) is 5.92 Å². The first kappa shape index (κ1) is 22.2. The standard InChI is InChI=1S/C22H23FN4O4S2/c23-17-8-1-2-9-18(17)24-21(28)15-7-4-10-27(12-15)33(29,30)19-11-16(13-32-19)20-25-22(31-26-20)14-5-3-6-14/h1-2,8-9,11,13-15H,3-7,10,12H2,(H,24,28)/t15-/m1/s1. The van der Waals surface area contributed by atoms with Crippen molar-refractivity contribution in [1.29, 1.82) is 0 Å². The van der Waals surface area contributed by atoms with E-state index in [1.807, 2.05) is 0 Å². The molecular weight excluding hydrogens is 467 g/mol. The van der Waals surface area contributed by atoms with Crippen molar-refractivity contribution < 1.29 is 22.1 Å². The number of amides is 1. The fourth-order valence-electron chi connectivity index (χ4n) is 4.04. The van der Waals surface area contributed by atoms with Gasteiger partial charge in [-0.3, -0.25) is 4.79 Å². The largest absolute Gasteiger partial charge is 0.339 e. The molecule has 0 radical (unpaired) electrons. The monoisotopic (exact) mass is 490 g/mol. The van der Waals surface area contributed by atoms with Crippen molar-refractivity contribution in [3.63, 3.8) is 0 Å². The number of piperidine rings is 1. The second-order valence-electron chi connectivity index (χ2n) is 8.41. The van der Waals surface area contributed by atoms with Crippen LogP contribution in [0.4, 0.5) is 10.1 Å². The molecule has 33 heavy (non-hydrogen) atoms. The Balaban J connectivity index is 1.29. The molecule has 0 spiro atoms. The number of hydrogen-bond donors (Lipinski definition) is 1. The van der Waals surface area contributed by atoms with Crippen LogP contribution in [0.5, 0.6) is 0 Å². The molecule has 8 nitrogen and oxygen atoms in total. The molecule has 1 aromatic carbocycles. The number of halogens is 1. The van der Waals surface area contributed by atoms with Crippen molar-refractivity contribution in [2.45, 2.75) is 42.2 Å². The highest BCUT2D eigenvalue weighted by Gasteiger charge is 2.35. The SMILES string of the molecule is O=C(Nc1ccccc1F)[C@@H]1CCCN(S(=O)(=O)c2cc(-c3noc(C4CCC4)n3)cs2)C1. The van der Waals surface area contributed by atoms with Gasteiger partial charge in [-0.15, -0.1) is 11.3 Å². The van der Waals surface area contributed by atoms with Gasteiger partial charge in [-0.2, -0.15) is 9.29 Å². The fraction of sp³-hybridized carbons (Fsp3) is 0.409. The number of benzene rings is 1. The Bertz CT molecular complexity index is 1270. The van der Waals surface area contributed by atoms with Crippen molar-refractivity contribution >= 4 is 33.0 Å². The van der Waals surface area contributed by atoms with Crippen LogP contribution in [0.25, 0.3) is 11.4 Å². The van der Waals surface area contributed by atoms with Gasteiger partial charge in [0.15, 0.2) is 0 Å². The molecule has 3 heterocycles. The van der Waals surface area contributed by atoms with Gasteiger partial charge in [0.25, 0.3) is 10.0 Å². The highest BCUT2D eigenvalue weighted by molar-refractivity contribution is 7.91. The average Bonchev–Trinajstić information content (AvgIpc) is 3.44. The normalized spacial score (nSPS) is 19.8. The minimum absolute atomic E-state index is 0.0455. The number of aromatic nitrogens is 2. The van der Waals surface area contributed by atoms with Gasteiger partial charge in [-0.05, 0) is 43.9 Å². The van der Waals surface area contributed by atoms with E-state index in [4.69, 9.17) is 4.52 Å². The van der Waals surface area contributed by atoms with Gasteiger partial charge in [0.1, 0.15) is 10.0 Å². The van der Waals surface area contributed by atoms with Crippen LogP contribution in [-0.4, -0.2) is 41.9 Å². The summed E-state index contributed by atoms with van der Waals surface area (Å²) in [6.45, 7) is 0.372. The number of carbonyl (C=O) groups excluding carboxylic acids is 1. The summed E-state index contributed by atoms with van der Waals surface area (Å²) in [6, 6.07) is 7.46. The average molecular weight is 491 g/mol. The number of nitrogens with one attached hydrogen (secondary N) is 1. The van der Waals surface area contributed by atoms with Crippen LogP contribution in [0.2, 0.25) is 0 Å². The first-order valence-electron chi connectivity index (χ1n) is 10.9. The number of thiophene rings is 1. The highest BCUT2D eigenvalue weighted by atomic mass is 32.2. The Morgan fingerprint density at radius 2 is 2.03 bits per heavy atom. The van der Waals surface area contributed by atoms with Crippen LogP contribution in [-0.2, 0) is 14.8 Å². The predicted molar refractivity (Wildman–Crippen MR) is 121 cm³/mol. The van der Waals surface area contributed by atoms with Gasteiger partial charge in [-0.1, -0.05) is 23.7 Å². The van der Waals surface area contributed by atoms with Crippen molar-refractivity contribution in [1.82, 2.24) is 14.4 Å². The quantitative estimate of drug-likeness (QED) is 0.554. The van der Waals surface area contributed by atoms with E-state index in [9.17, 15) is 17.6 Å². The lowest BCUT2D eigenvalue weighted by Crippen LogP contribution is -2.43. The van der Waals surface area contributed by atoms with E-state index in [0.717, 1.165) is 30.6 Å². The van der Waals surface area contributed by atoms with Crippen molar-refractivity contribution in [3.05, 3.63) is 47.4 Å². The minimum atomic E-state index is -3.79. The second-order valence-corrected chi connectivity index (χ2v) is 11.5. The molecule has 3 aromatic rings. The molecule has 1 atom stereocenters. The number of hydrogen-bond acceptors (Lipinski definition) is 7. The summed E-state index contributed by atoms with van der Waals surface area (Å²) in [7, 11) is -3.79. The summed E-state index contributed by atoms with van der Waals surface area (Å²) in [5, 5.41) is 8.29. The van der Waals surface area contributed by atoms with Crippen LogP contribution in [0, 0.1) is 11.7 Å². The maximum Gasteiger partial charge on any atom is 0.252 e. The van der Waals surface area contributed by atoms with E-state index in [0.29, 0.717) is 42.6 Å². The van der Waals surface area contributed by atoms with E-state index in [-0.39, 0.29) is 22.3 Å². The van der Waals surface area contributed by atoms with Gasteiger partial charge in [-0.25, -0.2) is 12.8 Å². The first-order valence-corrected chi connectivity index (χ1v) is 13.2. The van der Waals surface area contributed by atoms with E-state index < -0.39 is 21.8 Å². The molecule has 5 rings (SSSR count). The number of nitrogens with zero attached hydrogens (tertiary/aromatic N) is 3. The van der Waals surface area contributed by atoms with Gasteiger partial charge in [0.2, 0.25) is 17.6 Å². The number of anilines is 1. The third-order valence-corrected chi connectivity index (χ3v) is 9.49. The molecule has 0 unspecified atom stereocenters. The smallest absolute Gasteiger partial charge is 0.252 e. The molecule has 1 saturated heterocycles. The zero-order valence-corrected chi connectivity index (χ0v) is 19.4. The summed E-state index contributed by atoms with van der Waals surface area (Å²) >= 11 is 1.10. The van der Waals surface area contributed by atoms with Gasteiger partial charge < -0.3 is 9.84 Å².